The molecule has 0 unspecified atom stereocenters. The van der Waals surface area contributed by atoms with Gasteiger partial charge in [0.15, 0.2) is 0 Å². The lowest BCUT2D eigenvalue weighted by atomic mass is 9.96. The second kappa shape index (κ2) is 5.28. The summed E-state index contributed by atoms with van der Waals surface area (Å²) in [6.07, 6.45) is 4.01. The summed E-state index contributed by atoms with van der Waals surface area (Å²) in [5, 5.41) is 16.0. The zero-order chi connectivity index (χ0) is 10.5. The Balaban J connectivity index is 1.73. The fourth-order valence-electron chi connectivity index (χ4n) is 1.78. The Morgan fingerprint density at radius 3 is 2.87 bits per heavy atom. The summed E-state index contributed by atoms with van der Waals surface area (Å²) in [6.45, 7) is 0.708. The maximum atomic E-state index is 8.61. The van der Waals surface area contributed by atoms with Crippen molar-refractivity contribution in [3.05, 3.63) is 22.4 Å². The van der Waals surface area contributed by atoms with Crippen molar-refractivity contribution in [2.24, 2.45) is 5.16 Å². The van der Waals surface area contributed by atoms with E-state index in [1.165, 1.54) is 5.56 Å². The molecule has 3 nitrogen and oxygen atoms in total. The molecule has 1 aromatic heterocycles. The van der Waals surface area contributed by atoms with E-state index >= 15 is 0 Å². The highest BCUT2D eigenvalue weighted by Gasteiger charge is 2.18. The molecule has 0 amide bonds. The van der Waals surface area contributed by atoms with Crippen molar-refractivity contribution in [3.8, 4) is 0 Å². The van der Waals surface area contributed by atoms with Gasteiger partial charge >= 0.3 is 0 Å². The summed E-state index contributed by atoms with van der Waals surface area (Å²) >= 11 is 1.70. The highest BCUT2D eigenvalue weighted by atomic mass is 32.1. The van der Waals surface area contributed by atoms with E-state index in [0.717, 1.165) is 31.4 Å². The summed E-state index contributed by atoms with van der Waals surface area (Å²) < 4.78 is 5.79. The van der Waals surface area contributed by atoms with Gasteiger partial charge in [-0.1, -0.05) is 5.16 Å². The van der Waals surface area contributed by atoms with Gasteiger partial charge in [0.1, 0.15) is 0 Å². The normalized spacial score (nSPS) is 21.6. The van der Waals surface area contributed by atoms with Gasteiger partial charge in [-0.3, -0.25) is 0 Å². The number of hydrogen-bond donors (Lipinski definition) is 1. The highest BCUT2D eigenvalue weighted by Crippen LogP contribution is 2.20. The Kier molecular flexibility index (Phi) is 3.75. The summed E-state index contributed by atoms with van der Waals surface area (Å²) in [4.78, 5) is 0. The van der Waals surface area contributed by atoms with E-state index < -0.39 is 0 Å². The molecule has 0 radical (unpaired) electrons. The van der Waals surface area contributed by atoms with Gasteiger partial charge in [-0.2, -0.15) is 11.3 Å². The third-order valence-electron chi connectivity index (χ3n) is 2.72. The Bertz CT molecular complexity index is 311. The van der Waals surface area contributed by atoms with Crippen molar-refractivity contribution in [2.45, 2.75) is 38.4 Å². The van der Waals surface area contributed by atoms with E-state index in [4.69, 9.17) is 9.94 Å². The van der Waals surface area contributed by atoms with Crippen molar-refractivity contribution >= 4 is 17.0 Å². The molecule has 1 aromatic rings. The second-order valence-electron chi connectivity index (χ2n) is 3.81. The highest BCUT2D eigenvalue weighted by molar-refractivity contribution is 7.07. The molecule has 15 heavy (non-hydrogen) atoms. The van der Waals surface area contributed by atoms with Crippen LogP contribution in [0.1, 0.15) is 31.2 Å². The van der Waals surface area contributed by atoms with Crippen LogP contribution in [0.4, 0.5) is 0 Å². The molecular weight excluding hydrogens is 210 g/mol. The smallest absolute Gasteiger partial charge is 0.0728 e. The van der Waals surface area contributed by atoms with Crippen LogP contribution in [-0.4, -0.2) is 17.0 Å². The van der Waals surface area contributed by atoms with Crippen LogP contribution in [0.25, 0.3) is 0 Å². The van der Waals surface area contributed by atoms with E-state index in [0.29, 0.717) is 12.7 Å². The van der Waals surface area contributed by atoms with Gasteiger partial charge in [0.2, 0.25) is 0 Å². The Labute approximate surface area is 93.4 Å². The molecule has 0 aromatic carbocycles. The Morgan fingerprint density at radius 2 is 2.27 bits per heavy atom. The van der Waals surface area contributed by atoms with Crippen molar-refractivity contribution in [2.75, 3.05) is 0 Å². The van der Waals surface area contributed by atoms with Crippen molar-refractivity contribution in [1.29, 1.82) is 0 Å². The minimum Gasteiger partial charge on any atom is -0.411 e. The van der Waals surface area contributed by atoms with Gasteiger partial charge in [0.05, 0.1) is 18.4 Å². The van der Waals surface area contributed by atoms with Crippen LogP contribution in [0.15, 0.2) is 22.0 Å². The Hall–Kier alpha value is -0.870. The van der Waals surface area contributed by atoms with Crippen LogP contribution < -0.4 is 0 Å². The monoisotopic (exact) mass is 225 g/mol. The predicted molar refractivity (Wildman–Crippen MR) is 60.6 cm³/mol. The maximum absolute atomic E-state index is 8.61. The molecule has 1 aliphatic carbocycles. The third kappa shape index (κ3) is 3.04. The summed E-state index contributed by atoms with van der Waals surface area (Å²) in [6, 6.07) is 2.09. The minimum absolute atomic E-state index is 0.329. The molecule has 2 rings (SSSR count). The van der Waals surface area contributed by atoms with Gasteiger partial charge in [-0.25, -0.2) is 0 Å². The lowest BCUT2D eigenvalue weighted by Crippen LogP contribution is -2.21. The van der Waals surface area contributed by atoms with Crippen LogP contribution in [0.3, 0.4) is 0 Å². The molecule has 0 aliphatic heterocycles. The third-order valence-corrected chi connectivity index (χ3v) is 3.45. The fourth-order valence-corrected chi connectivity index (χ4v) is 2.43. The molecule has 1 aliphatic rings. The molecule has 1 heterocycles. The molecule has 0 spiro atoms. The number of hydrogen-bond acceptors (Lipinski definition) is 4. The lowest BCUT2D eigenvalue weighted by Gasteiger charge is -2.22. The van der Waals surface area contributed by atoms with E-state index in [9.17, 15) is 0 Å². The van der Waals surface area contributed by atoms with Gasteiger partial charge in [-0.15, -0.1) is 0 Å². The molecule has 1 saturated carbocycles. The molecule has 0 atom stereocenters. The first-order valence-electron chi connectivity index (χ1n) is 5.21. The first-order valence-corrected chi connectivity index (χ1v) is 6.15. The van der Waals surface area contributed by atoms with Crippen LogP contribution in [0, 0.1) is 0 Å². The number of rotatable bonds is 3. The van der Waals surface area contributed by atoms with Crippen molar-refractivity contribution < 1.29 is 9.94 Å². The van der Waals surface area contributed by atoms with Crippen molar-refractivity contribution in [3.63, 3.8) is 0 Å². The van der Waals surface area contributed by atoms with E-state index in [1.807, 2.05) is 0 Å². The first-order chi connectivity index (χ1) is 7.38. The zero-order valence-electron chi connectivity index (χ0n) is 8.56. The lowest BCUT2D eigenvalue weighted by molar-refractivity contribution is 0.0279. The molecule has 1 N–H and O–H groups in total. The SMILES string of the molecule is ON=C1CCC(OCc2ccsc2)CC1. The largest absolute Gasteiger partial charge is 0.411 e. The van der Waals surface area contributed by atoms with Crippen LogP contribution in [0.5, 0.6) is 0 Å². The van der Waals surface area contributed by atoms with Crippen LogP contribution >= 0.6 is 11.3 Å². The molecular formula is C11H15NO2S. The predicted octanol–water partition coefficient (Wildman–Crippen LogP) is 3.04. The van der Waals surface area contributed by atoms with E-state index in [-0.39, 0.29) is 0 Å². The summed E-state index contributed by atoms with van der Waals surface area (Å²) in [5.41, 5.74) is 2.16. The average Bonchev–Trinajstić information content (AvgIpc) is 2.80. The number of oxime groups is 1. The second-order valence-corrected chi connectivity index (χ2v) is 4.59. The van der Waals surface area contributed by atoms with Gasteiger partial charge < -0.3 is 9.94 Å². The average molecular weight is 225 g/mol. The fraction of sp³-hybridized carbons (Fsp3) is 0.545. The topological polar surface area (TPSA) is 41.8 Å². The minimum atomic E-state index is 0.329. The summed E-state index contributed by atoms with van der Waals surface area (Å²) in [5.74, 6) is 0. The Morgan fingerprint density at radius 1 is 1.47 bits per heavy atom. The number of nitrogens with zero attached hydrogens (tertiary/aromatic N) is 1. The molecule has 0 saturated heterocycles. The summed E-state index contributed by atoms with van der Waals surface area (Å²) in [7, 11) is 0. The molecule has 1 fully saturated rings. The van der Waals surface area contributed by atoms with Gasteiger partial charge in [-0.05, 0) is 48.1 Å². The van der Waals surface area contributed by atoms with Gasteiger partial charge in [0.25, 0.3) is 0 Å². The number of thiophene rings is 1. The molecule has 82 valence electrons. The maximum Gasteiger partial charge on any atom is 0.0728 e. The molecule has 0 bridgehead atoms. The van der Waals surface area contributed by atoms with E-state index in [1.54, 1.807) is 11.3 Å². The van der Waals surface area contributed by atoms with Gasteiger partial charge in [0, 0.05) is 0 Å². The van der Waals surface area contributed by atoms with Crippen LogP contribution in [-0.2, 0) is 11.3 Å². The van der Waals surface area contributed by atoms with E-state index in [2.05, 4.69) is 22.0 Å². The standard InChI is InChI=1S/C11H15NO2S/c13-12-10-1-3-11(4-2-10)14-7-9-5-6-15-8-9/h5-6,8,11,13H,1-4,7H2. The van der Waals surface area contributed by atoms with Crippen LogP contribution in [0.2, 0.25) is 0 Å². The number of ether oxygens (including phenoxy) is 1. The zero-order valence-corrected chi connectivity index (χ0v) is 9.37. The quantitative estimate of drug-likeness (QED) is 0.634. The van der Waals surface area contributed by atoms with Crippen molar-refractivity contribution in [1.82, 2.24) is 0 Å². The first kappa shape index (κ1) is 10.6. The molecule has 4 heteroatoms.